The highest BCUT2D eigenvalue weighted by Gasteiger charge is 2.31. The van der Waals surface area contributed by atoms with E-state index in [4.69, 9.17) is 14.2 Å². The van der Waals surface area contributed by atoms with Gasteiger partial charge < -0.3 is 14.2 Å². The lowest BCUT2D eigenvalue weighted by molar-refractivity contribution is -0.380. The first-order valence-corrected chi connectivity index (χ1v) is 11.5. The summed E-state index contributed by atoms with van der Waals surface area (Å²) in [5, 5.41) is 0. The molecule has 4 heteroatoms. The van der Waals surface area contributed by atoms with E-state index >= 15 is 0 Å². The summed E-state index contributed by atoms with van der Waals surface area (Å²) in [6, 6.07) is 1.15. The molecule has 0 spiro atoms. The Morgan fingerprint density at radius 1 is 0.520 bits per heavy atom. The fraction of sp³-hybridized carbons (Fsp3) is 1.00. The van der Waals surface area contributed by atoms with E-state index in [1.807, 2.05) is 20.8 Å². The fourth-order valence-electron chi connectivity index (χ4n) is 3.24. The largest absolute Gasteiger partial charge is 0.328 e. The van der Waals surface area contributed by atoms with Crippen molar-refractivity contribution >= 4 is 10.2 Å². The van der Waals surface area contributed by atoms with Gasteiger partial charge in [-0.3, -0.25) is 0 Å². The molecule has 3 radical (unpaired) electrons. The second-order valence-electron chi connectivity index (χ2n) is 6.72. The van der Waals surface area contributed by atoms with Crippen LogP contribution in [0.5, 0.6) is 0 Å². The van der Waals surface area contributed by atoms with E-state index in [9.17, 15) is 0 Å². The summed E-state index contributed by atoms with van der Waals surface area (Å²) in [6.45, 7) is 7.85. The van der Waals surface area contributed by atoms with Crippen LogP contribution in [0.4, 0.5) is 0 Å². The number of hydrogen-bond donors (Lipinski definition) is 0. The molecule has 0 aliphatic rings. The quantitative estimate of drug-likeness (QED) is 0.141. The lowest BCUT2D eigenvalue weighted by Crippen LogP contribution is -2.39. The molecule has 0 atom stereocenters. The van der Waals surface area contributed by atoms with E-state index in [0.717, 1.165) is 18.9 Å². The molecule has 3 nitrogen and oxygen atoms in total. The standard InChI is InChI=1S/C21H43O3Si/c1-4-22-21(23-5-2,24-6-3)19-17-15-13-11-9-7-8-10-12-14-16-18-20-25/h4-20H2,1-3H3. The lowest BCUT2D eigenvalue weighted by Gasteiger charge is -2.32. The molecule has 25 heavy (non-hydrogen) atoms. The zero-order chi connectivity index (χ0) is 18.6. The van der Waals surface area contributed by atoms with Crippen LogP contribution < -0.4 is 0 Å². The van der Waals surface area contributed by atoms with E-state index in [2.05, 4.69) is 10.2 Å². The molecular weight excluding hydrogens is 328 g/mol. The molecule has 0 unspecified atom stereocenters. The third kappa shape index (κ3) is 14.9. The average Bonchev–Trinajstić information content (AvgIpc) is 2.60. The first kappa shape index (κ1) is 25.1. The zero-order valence-electron chi connectivity index (χ0n) is 17.2. The summed E-state index contributed by atoms with van der Waals surface area (Å²) >= 11 is 0. The van der Waals surface area contributed by atoms with Crippen LogP contribution in [-0.2, 0) is 14.2 Å². The van der Waals surface area contributed by atoms with Crippen LogP contribution in [0.1, 0.15) is 104 Å². The Kier molecular flexibility index (Phi) is 18.9. The van der Waals surface area contributed by atoms with Gasteiger partial charge in [0, 0.05) is 36.5 Å². The summed E-state index contributed by atoms with van der Waals surface area (Å²) in [6.07, 6.45) is 17.0. The van der Waals surface area contributed by atoms with Gasteiger partial charge in [-0.1, -0.05) is 76.7 Å². The van der Waals surface area contributed by atoms with Crippen molar-refractivity contribution in [1.82, 2.24) is 0 Å². The topological polar surface area (TPSA) is 27.7 Å². The van der Waals surface area contributed by atoms with Crippen LogP contribution in [0.3, 0.4) is 0 Å². The second kappa shape index (κ2) is 18.9. The highest BCUT2D eigenvalue weighted by molar-refractivity contribution is 6.08. The van der Waals surface area contributed by atoms with Crippen molar-refractivity contribution in [2.75, 3.05) is 19.8 Å². The van der Waals surface area contributed by atoms with Gasteiger partial charge in [-0.2, -0.15) is 0 Å². The molecule has 0 aliphatic carbocycles. The van der Waals surface area contributed by atoms with Crippen LogP contribution in [0, 0.1) is 0 Å². The van der Waals surface area contributed by atoms with Crippen molar-refractivity contribution in [2.24, 2.45) is 0 Å². The second-order valence-corrected chi connectivity index (χ2v) is 7.22. The van der Waals surface area contributed by atoms with E-state index in [0.29, 0.717) is 19.8 Å². The first-order valence-electron chi connectivity index (χ1n) is 10.8. The van der Waals surface area contributed by atoms with Crippen LogP contribution in [0.15, 0.2) is 0 Å². The van der Waals surface area contributed by atoms with Gasteiger partial charge in [-0.25, -0.2) is 0 Å². The van der Waals surface area contributed by atoms with Crippen molar-refractivity contribution in [1.29, 1.82) is 0 Å². The van der Waals surface area contributed by atoms with E-state index in [-0.39, 0.29) is 0 Å². The third-order valence-electron chi connectivity index (χ3n) is 4.50. The molecular formula is C21H43O3Si. The van der Waals surface area contributed by atoms with E-state index in [1.165, 1.54) is 70.6 Å². The monoisotopic (exact) mass is 371 g/mol. The molecule has 0 rings (SSSR count). The zero-order valence-corrected chi connectivity index (χ0v) is 18.2. The maximum Gasteiger partial charge on any atom is 0.282 e. The van der Waals surface area contributed by atoms with Crippen LogP contribution in [0.25, 0.3) is 0 Å². The minimum Gasteiger partial charge on any atom is -0.328 e. The van der Waals surface area contributed by atoms with Crippen molar-refractivity contribution in [3.63, 3.8) is 0 Å². The molecule has 149 valence electrons. The van der Waals surface area contributed by atoms with Gasteiger partial charge in [0.15, 0.2) is 0 Å². The Morgan fingerprint density at radius 3 is 1.16 bits per heavy atom. The molecule has 0 aromatic heterocycles. The smallest absolute Gasteiger partial charge is 0.282 e. The molecule has 0 aromatic carbocycles. The van der Waals surface area contributed by atoms with Crippen molar-refractivity contribution in [3.8, 4) is 0 Å². The molecule has 0 N–H and O–H groups in total. The Bertz CT molecular complexity index is 245. The summed E-state index contributed by atoms with van der Waals surface area (Å²) in [5.41, 5.74) is 0. The van der Waals surface area contributed by atoms with E-state index in [1.54, 1.807) is 0 Å². The highest BCUT2D eigenvalue weighted by Crippen LogP contribution is 2.24. The van der Waals surface area contributed by atoms with Gasteiger partial charge in [0.05, 0.1) is 0 Å². The molecule has 0 fully saturated rings. The summed E-state index contributed by atoms with van der Waals surface area (Å²) < 4.78 is 17.3. The number of hydrogen-bond acceptors (Lipinski definition) is 3. The molecule has 0 aromatic rings. The Balaban J connectivity index is 3.56. The summed E-state index contributed by atoms with van der Waals surface area (Å²) in [5.74, 6) is -0.813. The lowest BCUT2D eigenvalue weighted by atomic mass is 10.0. The minimum absolute atomic E-state index is 0.621. The average molecular weight is 372 g/mol. The minimum atomic E-state index is -0.813. The Hall–Kier alpha value is 0.0969. The molecule has 0 aliphatic heterocycles. The Morgan fingerprint density at radius 2 is 0.840 bits per heavy atom. The van der Waals surface area contributed by atoms with Gasteiger partial charge in [-0.15, -0.1) is 0 Å². The predicted molar refractivity (Wildman–Crippen MR) is 108 cm³/mol. The summed E-state index contributed by atoms with van der Waals surface area (Å²) in [4.78, 5) is 0. The van der Waals surface area contributed by atoms with Crippen LogP contribution >= 0.6 is 0 Å². The van der Waals surface area contributed by atoms with Gasteiger partial charge in [0.1, 0.15) is 0 Å². The van der Waals surface area contributed by atoms with Crippen LogP contribution in [-0.4, -0.2) is 36.0 Å². The highest BCUT2D eigenvalue weighted by atomic mass is 28.1. The van der Waals surface area contributed by atoms with Crippen molar-refractivity contribution in [2.45, 2.75) is 116 Å². The maximum atomic E-state index is 5.77. The van der Waals surface area contributed by atoms with Crippen LogP contribution in [0.2, 0.25) is 6.04 Å². The SMILES string of the molecule is CCOC(CCCCCCCCCCCCCC[Si])(OCC)OCC. The maximum absolute atomic E-state index is 5.77. The van der Waals surface area contributed by atoms with Gasteiger partial charge in [0.2, 0.25) is 0 Å². The van der Waals surface area contributed by atoms with Crippen molar-refractivity contribution in [3.05, 3.63) is 0 Å². The molecule has 0 heterocycles. The molecule has 0 saturated carbocycles. The van der Waals surface area contributed by atoms with Gasteiger partial charge >= 0.3 is 0 Å². The molecule has 0 bridgehead atoms. The van der Waals surface area contributed by atoms with Gasteiger partial charge in [0.25, 0.3) is 5.97 Å². The van der Waals surface area contributed by atoms with E-state index < -0.39 is 5.97 Å². The molecule has 0 saturated heterocycles. The predicted octanol–water partition coefficient (Wildman–Crippen LogP) is 6.41. The van der Waals surface area contributed by atoms with Crippen molar-refractivity contribution < 1.29 is 14.2 Å². The number of rotatable bonds is 20. The first-order chi connectivity index (χ1) is 12.2. The normalized spacial score (nSPS) is 12.0. The molecule has 0 amide bonds. The fourth-order valence-corrected chi connectivity index (χ4v) is 3.49. The summed E-state index contributed by atoms with van der Waals surface area (Å²) in [7, 11) is 3.54. The number of unbranched alkanes of at least 4 members (excludes halogenated alkanes) is 11. The third-order valence-corrected chi connectivity index (χ3v) is 4.86. The Labute approximate surface area is 161 Å². The van der Waals surface area contributed by atoms with Gasteiger partial charge in [-0.05, 0) is 27.2 Å². The number of ether oxygens (including phenoxy) is 3.